The number of carbonyl (C=O) groups is 1. The zero-order chi connectivity index (χ0) is 23.0. The number of nitrogens with one attached hydrogen (secondary N) is 2. The van der Waals surface area contributed by atoms with Crippen LogP contribution in [0.3, 0.4) is 0 Å². The first-order valence-corrected chi connectivity index (χ1v) is 10.9. The van der Waals surface area contributed by atoms with Crippen molar-refractivity contribution in [1.82, 2.24) is 15.3 Å². The van der Waals surface area contributed by atoms with E-state index in [9.17, 15) is 26.4 Å². The summed E-state index contributed by atoms with van der Waals surface area (Å²) in [4.78, 5) is 19.3. The molecule has 0 spiro atoms. The van der Waals surface area contributed by atoms with E-state index >= 15 is 0 Å². The number of nitrogens with zero attached hydrogens (tertiary/aromatic N) is 2. The number of aromatic nitrogens is 2. The van der Waals surface area contributed by atoms with Gasteiger partial charge in [-0.05, 0) is 30.5 Å². The Morgan fingerprint density at radius 3 is 2.65 bits per heavy atom. The summed E-state index contributed by atoms with van der Waals surface area (Å²) in [5.41, 5.74) is -1.39. The van der Waals surface area contributed by atoms with Gasteiger partial charge in [-0.1, -0.05) is 31.5 Å². The largest absolute Gasteiger partial charge is 0.475 e. The van der Waals surface area contributed by atoms with Crippen LogP contribution in [-0.2, 0) is 16.2 Å². The highest BCUT2D eigenvalue weighted by Crippen LogP contribution is 2.40. The molecular weight excluding hydrogens is 461 g/mol. The molecule has 0 unspecified atom stereocenters. The van der Waals surface area contributed by atoms with Crippen LogP contribution in [0.5, 0.6) is 5.88 Å². The summed E-state index contributed by atoms with van der Waals surface area (Å²) in [6.07, 6.45) is -4.57. The van der Waals surface area contributed by atoms with E-state index in [4.69, 9.17) is 16.3 Å². The van der Waals surface area contributed by atoms with Crippen molar-refractivity contribution >= 4 is 33.5 Å². The summed E-state index contributed by atoms with van der Waals surface area (Å²) in [7, 11) is -4.33. The van der Waals surface area contributed by atoms with Gasteiger partial charge >= 0.3 is 6.18 Å². The normalized spacial score (nSPS) is 18.7. The predicted molar refractivity (Wildman–Crippen MR) is 105 cm³/mol. The highest BCUT2D eigenvalue weighted by Gasteiger charge is 2.40. The van der Waals surface area contributed by atoms with Crippen LogP contribution in [-0.4, -0.2) is 36.9 Å². The molecular formula is C18H18ClF3N4O4S. The molecule has 31 heavy (non-hydrogen) atoms. The summed E-state index contributed by atoms with van der Waals surface area (Å²) in [6, 6.07) is 4.45. The van der Waals surface area contributed by atoms with Crippen molar-refractivity contribution < 1.29 is 31.1 Å². The van der Waals surface area contributed by atoms with E-state index < -0.39 is 50.7 Å². The Bertz CT molecular complexity index is 1110. The lowest BCUT2D eigenvalue weighted by Crippen LogP contribution is -2.40. The summed E-state index contributed by atoms with van der Waals surface area (Å²) in [6.45, 7) is 3.38. The van der Waals surface area contributed by atoms with E-state index in [-0.39, 0.29) is 23.0 Å². The van der Waals surface area contributed by atoms with Gasteiger partial charge in [-0.25, -0.2) is 13.1 Å². The molecule has 1 aliphatic heterocycles. The van der Waals surface area contributed by atoms with Crippen molar-refractivity contribution in [2.75, 3.05) is 11.3 Å². The van der Waals surface area contributed by atoms with Crippen molar-refractivity contribution in [3.05, 3.63) is 40.5 Å². The third-order valence-corrected chi connectivity index (χ3v) is 5.86. The van der Waals surface area contributed by atoms with Gasteiger partial charge in [0.05, 0.1) is 10.9 Å². The Kier molecular flexibility index (Phi) is 6.33. The van der Waals surface area contributed by atoms with Crippen LogP contribution in [0.1, 0.15) is 36.2 Å². The molecule has 1 atom stereocenters. The van der Waals surface area contributed by atoms with E-state index in [1.807, 2.05) is 18.6 Å². The van der Waals surface area contributed by atoms with Gasteiger partial charge in [-0.3, -0.25) is 4.79 Å². The van der Waals surface area contributed by atoms with Crippen LogP contribution < -0.4 is 14.8 Å². The van der Waals surface area contributed by atoms with E-state index in [1.54, 1.807) is 0 Å². The van der Waals surface area contributed by atoms with Gasteiger partial charge in [-0.2, -0.15) is 23.1 Å². The smallest absolute Gasteiger partial charge is 0.424 e. The number of amides is 1. The number of anilines is 1. The second-order valence-corrected chi connectivity index (χ2v) is 9.30. The van der Waals surface area contributed by atoms with Crippen LogP contribution >= 0.6 is 11.6 Å². The number of halogens is 4. The summed E-state index contributed by atoms with van der Waals surface area (Å²) >= 11 is 5.71. The number of carbonyl (C=O) groups excluding carboxylic acids is 1. The lowest BCUT2D eigenvalue weighted by atomic mass is 10.0. The maximum Gasteiger partial charge on any atom is 0.424 e. The Balaban J connectivity index is 2.17. The molecule has 0 radical (unpaired) electrons. The van der Waals surface area contributed by atoms with E-state index in [1.165, 1.54) is 18.2 Å². The number of alkyl halides is 3. The van der Waals surface area contributed by atoms with Gasteiger partial charge in [0.1, 0.15) is 6.61 Å². The van der Waals surface area contributed by atoms with E-state index in [0.29, 0.717) is 6.42 Å². The topological polar surface area (TPSA) is 110 Å². The lowest BCUT2D eigenvalue weighted by molar-refractivity contribution is -0.139. The SMILES string of the molecule is CC(C)C[C@@H]1COc2nc(nc(Cl)c2C(F)(F)F)NS(=O)(=O)c2cccc(c2)C(=O)N1. The highest BCUT2D eigenvalue weighted by molar-refractivity contribution is 7.92. The second kappa shape index (κ2) is 8.50. The standard InChI is InChI=1S/C18H18ClF3N4O4S/c1-9(2)6-11-8-30-16-13(18(20,21)22)14(19)24-17(25-16)26-31(28,29)12-5-3-4-10(7-12)15(27)23-11/h3-5,7,9,11H,6,8H2,1-2H3,(H,23,27)(H,24,25,26)/t11-/m1/s1. The molecule has 1 aromatic carbocycles. The third-order valence-electron chi connectivity index (χ3n) is 4.26. The molecule has 13 heteroatoms. The molecule has 0 saturated carbocycles. The number of hydrogen-bond acceptors (Lipinski definition) is 6. The molecule has 2 N–H and O–H groups in total. The lowest BCUT2D eigenvalue weighted by Gasteiger charge is -2.22. The molecule has 0 saturated heterocycles. The minimum Gasteiger partial charge on any atom is -0.475 e. The van der Waals surface area contributed by atoms with Crippen molar-refractivity contribution in [1.29, 1.82) is 0 Å². The van der Waals surface area contributed by atoms with Crippen LogP contribution in [0.15, 0.2) is 29.2 Å². The number of rotatable bonds is 2. The maximum absolute atomic E-state index is 13.5. The number of fused-ring (bicyclic) bond motifs is 4. The van der Waals surface area contributed by atoms with Crippen LogP contribution in [0.4, 0.5) is 19.1 Å². The molecule has 2 heterocycles. The summed E-state index contributed by atoms with van der Waals surface area (Å²) < 4.78 is 73.1. The first-order valence-electron chi connectivity index (χ1n) is 9.08. The van der Waals surface area contributed by atoms with Crippen LogP contribution in [0.2, 0.25) is 5.15 Å². The van der Waals surface area contributed by atoms with Crippen LogP contribution in [0, 0.1) is 5.92 Å². The Morgan fingerprint density at radius 1 is 1.29 bits per heavy atom. The fourth-order valence-corrected chi connectivity index (χ4v) is 4.23. The average Bonchev–Trinajstić information content (AvgIpc) is 2.63. The van der Waals surface area contributed by atoms with Crippen LogP contribution in [0.25, 0.3) is 0 Å². The number of ether oxygens (including phenoxy) is 1. The Morgan fingerprint density at radius 2 is 2.00 bits per heavy atom. The molecule has 0 aliphatic carbocycles. The number of benzene rings is 1. The highest BCUT2D eigenvalue weighted by atomic mass is 35.5. The number of sulfonamides is 1. The van der Waals surface area contributed by atoms with Gasteiger partial charge in [0.2, 0.25) is 11.8 Å². The first kappa shape index (κ1) is 23.1. The first-order chi connectivity index (χ1) is 14.4. The van der Waals surface area contributed by atoms with E-state index in [2.05, 4.69) is 15.3 Å². The predicted octanol–water partition coefficient (Wildman–Crippen LogP) is 3.49. The van der Waals surface area contributed by atoms with E-state index in [0.717, 1.165) is 6.07 Å². The summed E-state index contributed by atoms with van der Waals surface area (Å²) in [5, 5.41) is 1.64. The maximum atomic E-state index is 13.5. The average molecular weight is 479 g/mol. The van der Waals surface area contributed by atoms with Gasteiger partial charge in [0.15, 0.2) is 10.7 Å². The van der Waals surface area contributed by atoms with Crippen molar-refractivity contribution in [2.24, 2.45) is 5.92 Å². The van der Waals surface area contributed by atoms with Gasteiger partial charge in [0, 0.05) is 5.56 Å². The Hall–Kier alpha value is -2.60. The zero-order valence-electron chi connectivity index (χ0n) is 16.3. The van der Waals surface area contributed by atoms with Crippen molar-refractivity contribution in [3.8, 4) is 5.88 Å². The molecule has 168 valence electrons. The molecule has 4 bridgehead atoms. The van der Waals surface area contributed by atoms with Gasteiger partial charge < -0.3 is 10.1 Å². The zero-order valence-corrected chi connectivity index (χ0v) is 17.9. The van der Waals surface area contributed by atoms with Crippen molar-refractivity contribution in [2.45, 2.75) is 37.4 Å². The quantitative estimate of drug-likeness (QED) is 0.639. The van der Waals surface area contributed by atoms with Gasteiger partial charge in [-0.15, -0.1) is 0 Å². The fraction of sp³-hybridized carbons (Fsp3) is 0.389. The third kappa shape index (κ3) is 5.37. The molecule has 2 aromatic rings. The molecule has 1 aromatic heterocycles. The molecule has 1 aliphatic rings. The summed E-state index contributed by atoms with van der Waals surface area (Å²) in [5.74, 6) is -2.17. The second-order valence-electron chi connectivity index (χ2n) is 7.26. The Labute approximate surface area is 181 Å². The minimum absolute atomic E-state index is 0.0533. The minimum atomic E-state index is -4.96. The monoisotopic (exact) mass is 478 g/mol. The van der Waals surface area contributed by atoms with Gasteiger partial charge in [0.25, 0.3) is 15.9 Å². The molecule has 0 fully saturated rings. The number of hydrogen-bond donors (Lipinski definition) is 2. The molecule has 1 amide bonds. The van der Waals surface area contributed by atoms with Crippen molar-refractivity contribution in [3.63, 3.8) is 0 Å². The molecule has 3 rings (SSSR count). The molecule has 8 nitrogen and oxygen atoms in total. The fourth-order valence-electron chi connectivity index (χ4n) is 2.97.